The van der Waals surface area contributed by atoms with Gasteiger partial charge in [-0.15, -0.1) is 0 Å². The van der Waals surface area contributed by atoms with E-state index in [4.69, 9.17) is 0 Å². The molecular formula is C33H41N3O4S. The van der Waals surface area contributed by atoms with Crippen molar-refractivity contribution in [2.75, 3.05) is 10.8 Å². The Morgan fingerprint density at radius 3 is 2.20 bits per heavy atom. The van der Waals surface area contributed by atoms with Crippen LogP contribution in [0.3, 0.4) is 0 Å². The maximum Gasteiger partial charge on any atom is 0.264 e. The molecule has 2 amide bonds. The molecule has 7 nitrogen and oxygen atoms in total. The minimum atomic E-state index is -4.09. The number of benzene rings is 3. The van der Waals surface area contributed by atoms with Crippen LogP contribution in [0, 0.1) is 20.8 Å². The van der Waals surface area contributed by atoms with Crippen molar-refractivity contribution in [3.8, 4) is 0 Å². The number of hydrogen-bond donors (Lipinski definition) is 1. The minimum absolute atomic E-state index is 0.101. The van der Waals surface area contributed by atoms with Gasteiger partial charge in [-0.1, -0.05) is 79.9 Å². The van der Waals surface area contributed by atoms with Crippen molar-refractivity contribution in [1.82, 2.24) is 10.2 Å². The van der Waals surface area contributed by atoms with E-state index in [2.05, 4.69) is 5.32 Å². The number of nitrogens with one attached hydrogen (secondary N) is 1. The van der Waals surface area contributed by atoms with E-state index >= 15 is 0 Å². The van der Waals surface area contributed by atoms with Gasteiger partial charge in [0.15, 0.2) is 0 Å². The molecule has 41 heavy (non-hydrogen) atoms. The van der Waals surface area contributed by atoms with E-state index in [1.54, 1.807) is 29.2 Å². The van der Waals surface area contributed by atoms with Gasteiger partial charge in [0, 0.05) is 12.6 Å². The van der Waals surface area contributed by atoms with E-state index in [1.807, 2.05) is 64.1 Å². The monoisotopic (exact) mass is 575 g/mol. The fraction of sp³-hybridized carbons (Fsp3) is 0.394. The lowest BCUT2D eigenvalue weighted by molar-refractivity contribution is -0.140. The van der Waals surface area contributed by atoms with E-state index in [-0.39, 0.29) is 23.4 Å². The van der Waals surface area contributed by atoms with Gasteiger partial charge in [-0.2, -0.15) is 0 Å². The number of carbonyl (C=O) groups is 2. The van der Waals surface area contributed by atoms with Crippen LogP contribution in [-0.4, -0.2) is 43.8 Å². The molecule has 0 aromatic heterocycles. The molecule has 3 aromatic carbocycles. The van der Waals surface area contributed by atoms with E-state index < -0.39 is 28.5 Å². The second kappa shape index (κ2) is 13.3. The van der Waals surface area contributed by atoms with Crippen molar-refractivity contribution >= 4 is 27.5 Å². The molecule has 1 fully saturated rings. The average molecular weight is 576 g/mol. The smallest absolute Gasteiger partial charge is 0.264 e. The molecule has 0 heterocycles. The van der Waals surface area contributed by atoms with Crippen molar-refractivity contribution in [1.29, 1.82) is 0 Å². The summed E-state index contributed by atoms with van der Waals surface area (Å²) < 4.78 is 29.2. The number of sulfonamides is 1. The molecule has 0 saturated heterocycles. The molecule has 0 bridgehead atoms. The molecule has 1 aliphatic carbocycles. The number of carbonyl (C=O) groups excluding carboxylic acids is 2. The number of aryl methyl sites for hydroxylation is 3. The summed E-state index contributed by atoms with van der Waals surface area (Å²) in [7, 11) is -4.09. The third-order valence-corrected chi connectivity index (χ3v) is 9.69. The predicted molar refractivity (Wildman–Crippen MR) is 163 cm³/mol. The van der Waals surface area contributed by atoms with Gasteiger partial charge in [-0.05, 0) is 74.9 Å². The topological polar surface area (TPSA) is 86.8 Å². The second-order valence-corrected chi connectivity index (χ2v) is 12.8. The summed E-state index contributed by atoms with van der Waals surface area (Å²) in [6.07, 6.45) is 4.43. The molecule has 0 radical (unpaired) electrons. The molecule has 0 aliphatic heterocycles. The number of rotatable bonds is 11. The molecular weight excluding hydrogens is 534 g/mol. The summed E-state index contributed by atoms with van der Waals surface area (Å²) in [6, 6.07) is 20.8. The van der Waals surface area contributed by atoms with Crippen molar-refractivity contribution in [2.45, 2.75) is 83.3 Å². The highest BCUT2D eigenvalue weighted by molar-refractivity contribution is 7.92. The summed E-state index contributed by atoms with van der Waals surface area (Å²) in [5.74, 6) is -0.619. The Bertz CT molecular complexity index is 1470. The molecule has 4 rings (SSSR count). The number of amides is 2. The Morgan fingerprint density at radius 1 is 0.902 bits per heavy atom. The third-order valence-electron chi connectivity index (χ3n) is 7.92. The van der Waals surface area contributed by atoms with Crippen LogP contribution in [0.1, 0.15) is 61.3 Å². The first kappa shape index (κ1) is 30.3. The van der Waals surface area contributed by atoms with Gasteiger partial charge in [-0.25, -0.2) is 8.42 Å². The van der Waals surface area contributed by atoms with Crippen molar-refractivity contribution in [3.05, 3.63) is 95.1 Å². The molecule has 3 aromatic rings. The maximum atomic E-state index is 14.3. The molecule has 1 saturated carbocycles. The summed E-state index contributed by atoms with van der Waals surface area (Å²) in [6.45, 7) is 7.42. The first-order valence-corrected chi connectivity index (χ1v) is 15.8. The number of nitrogens with zero attached hydrogens (tertiary/aromatic N) is 2. The Morgan fingerprint density at radius 2 is 1.56 bits per heavy atom. The molecule has 0 unspecified atom stereocenters. The number of hydrogen-bond acceptors (Lipinski definition) is 4. The SMILES string of the molecule is CC[C@@H](C(=O)NC1CCCC1)N(Cc1ccccc1C)C(=O)CN(c1ccc(C)cc1C)S(=O)(=O)c1ccccc1. The van der Waals surface area contributed by atoms with E-state index in [9.17, 15) is 18.0 Å². The molecule has 0 spiro atoms. The molecule has 218 valence electrons. The lowest BCUT2D eigenvalue weighted by Gasteiger charge is -2.34. The fourth-order valence-electron chi connectivity index (χ4n) is 5.58. The summed E-state index contributed by atoms with van der Waals surface area (Å²) in [4.78, 5) is 29.5. The number of anilines is 1. The Hall–Kier alpha value is -3.65. The highest BCUT2D eigenvalue weighted by Gasteiger charge is 2.35. The van der Waals surface area contributed by atoms with Crippen molar-refractivity contribution in [2.24, 2.45) is 0 Å². The van der Waals surface area contributed by atoms with Crippen molar-refractivity contribution in [3.63, 3.8) is 0 Å². The van der Waals surface area contributed by atoms with Gasteiger partial charge in [-0.3, -0.25) is 13.9 Å². The quantitative estimate of drug-likeness (QED) is 0.319. The lowest BCUT2D eigenvalue weighted by atomic mass is 10.1. The summed E-state index contributed by atoms with van der Waals surface area (Å²) in [5, 5.41) is 3.16. The van der Waals surface area contributed by atoms with Crippen LogP contribution < -0.4 is 9.62 Å². The van der Waals surface area contributed by atoms with Crippen molar-refractivity contribution < 1.29 is 18.0 Å². The second-order valence-electron chi connectivity index (χ2n) is 11.0. The highest BCUT2D eigenvalue weighted by atomic mass is 32.2. The highest BCUT2D eigenvalue weighted by Crippen LogP contribution is 2.28. The van der Waals surface area contributed by atoms with E-state index in [0.717, 1.165) is 47.9 Å². The zero-order chi connectivity index (χ0) is 29.6. The van der Waals surface area contributed by atoms with E-state index in [0.29, 0.717) is 12.1 Å². The first-order chi connectivity index (χ1) is 19.6. The van der Waals surface area contributed by atoms with Crippen LogP contribution in [0.2, 0.25) is 0 Å². The molecule has 8 heteroatoms. The summed E-state index contributed by atoms with van der Waals surface area (Å²) >= 11 is 0. The average Bonchev–Trinajstić information content (AvgIpc) is 3.46. The van der Waals surface area contributed by atoms with Gasteiger partial charge in [0.05, 0.1) is 10.6 Å². The third kappa shape index (κ3) is 7.17. The van der Waals surface area contributed by atoms with Crippen LogP contribution in [0.4, 0.5) is 5.69 Å². The van der Waals surface area contributed by atoms with Gasteiger partial charge in [0.2, 0.25) is 11.8 Å². The van der Waals surface area contributed by atoms with Crippen LogP contribution in [0.25, 0.3) is 0 Å². The standard InChI is InChI=1S/C33H41N3O4S/c1-5-30(33(38)34-28-15-11-12-16-28)35(22-27-14-10-9-13-25(27)3)32(37)23-36(31-20-19-24(2)21-26(31)4)41(39,40)29-17-7-6-8-18-29/h6-10,13-14,17-21,28,30H,5,11-12,15-16,22-23H2,1-4H3,(H,34,38)/t30-/m0/s1. The van der Waals surface area contributed by atoms with Gasteiger partial charge in [0.25, 0.3) is 10.0 Å². The summed E-state index contributed by atoms with van der Waals surface area (Å²) in [5.41, 5.74) is 4.09. The van der Waals surface area contributed by atoms with Gasteiger partial charge >= 0.3 is 0 Å². The van der Waals surface area contributed by atoms with Crippen LogP contribution in [0.15, 0.2) is 77.7 Å². The molecule has 1 N–H and O–H groups in total. The Balaban J connectivity index is 1.74. The first-order valence-electron chi connectivity index (χ1n) is 14.4. The molecule has 1 atom stereocenters. The van der Waals surface area contributed by atoms with Gasteiger partial charge in [0.1, 0.15) is 12.6 Å². The van der Waals surface area contributed by atoms with Gasteiger partial charge < -0.3 is 10.2 Å². The molecule has 1 aliphatic rings. The Kier molecular flexibility index (Phi) is 9.86. The largest absolute Gasteiger partial charge is 0.352 e. The normalized spacial score (nSPS) is 14.4. The lowest BCUT2D eigenvalue weighted by Crippen LogP contribution is -2.53. The zero-order valence-electron chi connectivity index (χ0n) is 24.5. The minimum Gasteiger partial charge on any atom is -0.352 e. The van der Waals surface area contributed by atoms with Crippen LogP contribution in [0.5, 0.6) is 0 Å². The fourth-order valence-corrected chi connectivity index (χ4v) is 7.08. The predicted octanol–water partition coefficient (Wildman–Crippen LogP) is 5.67. The van der Waals surface area contributed by atoms with Crippen LogP contribution in [-0.2, 0) is 26.2 Å². The van der Waals surface area contributed by atoms with Crippen LogP contribution >= 0.6 is 0 Å². The zero-order valence-corrected chi connectivity index (χ0v) is 25.3. The Labute approximate surface area is 244 Å². The van der Waals surface area contributed by atoms with E-state index in [1.165, 1.54) is 16.4 Å². The maximum absolute atomic E-state index is 14.3.